The predicted octanol–water partition coefficient (Wildman–Crippen LogP) is 4.12. The maximum atomic E-state index is 11.4. The van der Waals surface area contributed by atoms with Gasteiger partial charge in [0.2, 0.25) is 0 Å². The zero-order valence-electron chi connectivity index (χ0n) is 12.2. The Hall–Kier alpha value is -2.27. The van der Waals surface area contributed by atoms with E-state index in [1.165, 1.54) is 14.2 Å². The van der Waals surface area contributed by atoms with E-state index in [-0.39, 0.29) is 11.7 Å². The first kappa shape index (κ1) is 16.1. The summed E-state index contributed by atoms with van der Waals surface area (Å²) in [4.78, 5) is 11.4. The van der Waals surface area contributed by atoms with Gasteiger partial charge in [-0.05, 0) is 39.7 Å². The van der Waals surface area contributed by atoms with Crippen molar-refractivity contribution in [2.45, 2.75) is 0 Å². The third kappa shape index (κ3) is 3.68. The minimum absolute atomic E-state index is 0.127. The molecule has 0 atom stereocenters. The van der Waals surface area contributed by atoms with Crippen molar-refractivity contribution in [3.05, 3.63) is 57.6 Å². The molecule has 0 heterocycles. The van der Waals surface area contributed by atoms with Gasteiger partial charge < -0.3 is 14.6 Å². The minimum Gasteiger partial charge on any atom is -0.507 e. The lowest BCUT2D eigenvalue weighted by Gasteiger charge is -2.06. The molecule has 2 aromatic rings. The smallest absolute Gasteiger partial charge is 0.337 e. The van der Waals surface area contributed by atoms with E-state index in [1.54, 1.807) is 42.5 Å². The van der Waals surface area contributed by atoms with E-state index >= 15 is 0 Å². The second-order valence-electron chi connectivity index (χ2n) is 4.49. The number of methoxy groups -OCH3 is 2. The van der Waals surface area contributed by atoms with Crippen molar-refractivity contribution in [2.75, 3.05) is 14.2 Å². The number of phenols is 1. The van der Waals surface area contributed by atoms with E-state index < -0.39 is 0 Å². The summed E-state index contributed by atoms with van der Waals surface area (Å²) in [6.07, 6.45) is 3.63. The molecule has 2 rings (SSSR count). The molecule has 0 aliphatic carbocycles. The van der Waals surface area contributed by atoms with Crippen LogP contribution < -0.4 is 4.74 Å². The highest BCUT2D eigenvalue weighted by molar-refractivity contribution is 9.10. The summed E-state index contributed by atoms with van der Waals surface area (Å²) in [5, 5.41) is 9.96. The highest BCUT2D eigenvalue weighted by Crippen LogP contribution is 2.33. The first-order chi connectivity index (χ1) is 10.5. The highest BCUT2D eigenvalue weighted by Gasteiger charge is 2.06. The number of hydrogen-bond acceptors (Lipinski definition) is 4. The van der Waals surface area contributed by atoms with Crippen LogP contribution in [0, 0.1) is 0 Å². The third-order valence-electron chi connectivity index (χ3n) is 3.09. The number of carbonyl (C=O) groups is 1. The van der Waals surface area contributed by atoms with Crippen molar-refractivity contribution in [2.24, 2.45) is 0 Å². The minimum atomic E-state index is -0.368. The van der Waals surface area contributed by atoms with Gasteiger partial charge in [0.05, 0.1) is 24.3 Å². The summed E-state index contributed by atoms with van der Waals surface area (Å²) in [5.74, 6) is 0.326. The van der Waals surface area contributed by atoms with Gasteiger partial charge in [0, 0.05) is 11.6 Å². The Labute approximate surface area is 137 Å². The van der Waals surface area contributed by atoms with Crippen molar-refractivity contribution >= 4 is 34.1 Å². The van der Waals surface area contributed by atoms with Gasteiger partial charge in [-0.1, -0.05) is 24.3 Å². The molecule has 0 radical (unpaired) electrons. The molecular formula is C17H15BrO4. The lowest BCUT2D eigenvalue weighted by molar-refractivity contribution is 0.0600. The number of benzene rings is 2. The second kappa shape index (κ2) is 7.13. The predicted molar refractivity (Wildman–Crippen MR) is 89.1 cm³/mol. The van der Waals surface area contributed by atoms with Crippen molar-refractivity contribution in [1.29, 1.82) is 0 Å². The van der Waals surface area contributed by atoms with E-state index in [2.05, 4.69) is 20.7 Å². The molecule has 0 bridgehead atoms. The number of aromatic hydroxyl groups is 1. The second-order valence-corrected chi connectivity index (χ2v) is 5.35. The normalized spacial score (nSPS) is 10.7. The molecule has 114 valence electrons. The molecule has 0 amide bonds. The van der Waals surface area contributed by atoms with Gasteiger partial charge in [-0.3, -0.25) is 0 Å². The quantitative estimate of drug-likeness (QED) is 0.656. The molecule has 2 aromatic carbocycles. The van der Waals surface area contributed by atoms with E-state index in [0.29, 0.717) is 16.9 Å². The standard InChI is InChI=1S/C17H15BrO4/c1-21-16-10-15(19)13(9-14(16)18)8-5-11-3-6-12(7-4-11)17(20)22-2/h3-10,19H,1-2H3/b8-5+. The monoisotopic (exact) mass is 362 g/mol. The van der Waals surface area contributed by atoms with Gasteiger partial charge in [-0.15, -0.1) is 0 Å². The molecule has 1 N–H and O–H groups in total. The highest BCUT2D eigenvalue weighted by atomic mass is 79.9. The maximum absolute atomic E-state index is 11.4. The molecule has 0 aromatic heterocycles. The van der Waals surface area contributed by atoms with Gasteiger partial charge in [0.1, 0.15) is 11.5 Å². The van der Waals surface area contributed by atoms with Crippen LogP contribution in [0.2, 0.25) is 0 Å². The first-order valence-electron chi connectivity index (χ1n) is 6.48. The number of esters is 1. The Kier molecular flexibility index (Phi) is 5.22. The van der Waals surface area contributed by atoms with Crippen LogP contribution in [0.5, 0.6) is 11.5 Å². The van der Waals surface area contributed by atoms with Crippen molar-refractivity contribution in [1.82, 2.24) is 0 Å². The molecule has 0 fully saturated rings. The topological polar surface area (TPSA) is 55.8 Å². The Morgan fingerprint density at radius 2 is 1.82 bits per heavy atom. The number of halogens is 1. The van der Waals surface area contributed by atoms with Crippen LogP contribution >= 0.6 is 15.9 Å². The van der Waals surface area contributed by atoms with E-state index in [0.717, 1.165) is 10.0 Å². The van der Waals surface area contributed by atoms with Crippen molar-refractivity contribution < 1.29 is 19.4 Å². The summed E-state index contributed by atoms with van der Waals surface area (Å²) < 4.78 is 10.5. The molecule has 4 nitrogen and oxygen atoms in total. The first-order valence-corrected chi connectivity index (χ1v) is 7.27. The average Bonchev–Trinajstić information content (AvgIpc) is 2.55. The Bertz CT molecular complexity index is 705. The van der Waals surface area contributed by atoms with Crippen LogP contribution in [0.25, 0.3) is 12.2 Å². The van der Waals surface area contributed by atoms with Gasteiger partial charge in [0.25, 0.3) is 0 Å². The van der Waals surface area contributed by atoms with Gasteiger partial charge in [0.15, 0.2) is 0 Å². The van der Waals surface area contributed by atoms with Gasteiger partial charge >= 0.3 is 5.97 Å². The zero-order chi connectivity index (χ0) is 16.1. The number of phenolic OH excluding ortho intramolecular Hbond substituents is 1. The molecular weight excluding hydrogens is 348 g/mol. The fourth-order valence-electron chi connectivity index (χ4n) is 1.88. The lowest BCUT2D eigenvalue weighted by atomic mass is 10.1. The SMILES string of the molecule is COC(=O)c1ccc(/C=C/c2cc(Br)c(OC)cc2O)cc1. The number of carbonyl (C=O) groups excluding carboxylic acids is 1. The summed E-state index contributed by atoms with van der Waals surface area (Å²) in [6, 6.07) is 10.3. The largest absolute Gasteiger partial charge is 0.507 e. The molecule has 0 unspecified atom stereocenters. The fraction of sp³-hybridized carbons (Fsp3) is 0.118. The molecule has 0 spiro atoms. The number of hydrogen-bond donors (Lipinski definition) is 1. The number of ether oxygens (including phenoxy) is 2. The Balaban J connectivity index is 2.22. The van der Waals surface area contributed by atoms with Crippen LogP contribution in [-0.4, -0.2) is 25.3 Å². The zero-order valence-corrected chi connectivity index (χ0v) is 13.8. The maximum Gasteiger partial charge on any atom is 0.337 e. The Morgan fingerprint density at radius 3 is 2.41 bits per heavy atom. The van der Waals surface area contributed by atoms with Gasteiger partial charge in [-0.25, -0.2) is 4.79 Å². The van der Waals surface area contributed by atoms with Crippen LogP contribution in [0.3, 0.4) is 0 Å². The van der Waals surface area contributed by atoms with Crippen LogP contribution in [0.15, 0.2) is 40.9 Å². The molecule has 5 heteroatoms. The third-order valence-corrected chi connectivity index (χ3v) is 3.71. The fourth-order valence-corrected chi connectivity index (χ4v) is 2.41. The average molecular weight is 363 g/mol. The molecule has 22 heavy (non-hydrogen) atoms. The summed E-state index contributed by atoms with van der Waals surface area (Å²) in [7, 11) is 2.89. The van der Waals surface area contributed by atoms with E-state index in [1.807, 2.05) is 6.08 Å². The summed E-state index contributed by atoms with van der Waals surface area (Å²) in [6.45, 7) is 0. The summed E-state index contributed by atoms with van der Waals surface area (Å²) >= 11 is 3.38. The summed E-state index contributed by atoms with van der Waals surface area (Å²) in [5.41, 5.74) is 2.05. The molecule has 0 saturated carbocycles. The van der Waals surface area contributed by atoms with Crippen molar-refractivity contribution in [3.63, 3.8) is 0 Å². The van der Waals surface area contributed by atoms with Crippen LogP contribution in [-0.2, 0) is 4.74 Å². The molecule has 0 saturated heterocycles. The lowest BCUT2D eigenvalue weighted by Crippen LogP contribution is -2.00. The van der Waals surface area contributed by atoms with E-state index in [4.69, 9.17) is 4.74 Å². The molecule has 0 aliphatic heterocycles. The number of rotatable bonds is 4. The van der Waals surface area contributed by atoms with Crippen LogP contribution in [0.1, 0.15) is 21.5 Å². The van der Waals surface area contributed by atoms with Gasteiger partial charge in [-0.2, -0.15) is 0 Å². The Morgan fingerprint density at radius 1 is 1.14 bits per heavy atom. The van der Waals surface area contributed by atoms with E-state index in [9.17, 15) is 9.90 Å². The molecule has 0 aliphatic rings. The van der Waals surface area contributed by atoms with Crippen LogP contribution in [0.4, 0.5) is 0 Å². The van der Waals surface area contributed by atoms with Crippen molar-refractivity contribution in [3.8, 4) is 11.5 Å².